The first-order valence-electron chi connectivity index (χ1n) is 5.33. The van der Waals surface area contributed by atoms with E-state index >= 15 is 0 Å². The zero-order chi connectivity index (χ0) is 12.4. The van der Waals surface area contributed by atoms with Crippen molar-refractivity contribution < 1.29 is 4.79 Å². The van der Waals surface area contributed by atoms with E-state index in [1.54, 1.807) is 19.0 Å². The molecule has 1 aromatic heterocycles. The fourth-order valence-electron chi connectivity index (χ4n) is 1.68. The molecule has 0 fully saturated rings. The number of benzene rings is 1. The van der Waals surface area contributed by atoms with Crippen LogP contribution in [0.1, 0.15) is 5.82 Å². The number of amides is 1. The lowest BCUT2D eigenvalue weighted by atomic mass is 10.3. The maximum Gasteiger partial charge on any atom is 0.242 e. The summed E-state index contributed by atoms with van der Waals surface area (Å²) in [6.45, 7) is 0.273. The molecule has 1 heterocycles. The van der Waals surface area contributed by atoms with Gasteiger partial charge in [0, 0.05) is 14.1 Å². The van der Waals surface area contributed by atoms with E-state index in [1.807, 2.05) is 28.8 Å². The van der Waals surface area contributed by atoms with E-state index in [0.29, 0.717) is 5.88 Å². The van der Waals surface area contributed by atoms with E-state index < -0.39 is 0 Å². The van der Waals surface area contributed by atoms with E-state index in [9.17, 15) is 4.79 Å². The molecule has 0 saturated heterocycles. The first kappa shape index (κ1) is 11.9. The first-order valence-corrected chi connectivity index (χ1v) is 5.87. The number of carbonyl (C=O) groups excluding carboxylic acids is 1. The Morgan fingerprint density at radius 2 is 2.12 bits per heavy atom. The molecule has 4 nitrogen and oxygen atoms in total. The van der Waals surface area contributed by atoms with E-state index in [0.717, 1.165) is 16.9 Å². The van der Waals surface area contributed by atoms with Gasteiger partial charge in [-0.1, -0.05) is 12.1 Å². The van der Waals surface area contributed by atoms with Crippen LogP contribution in [0.5, 0.6) is 0 Å². The molecule has 0 aliphatic rings. The van der Waals surface area contributed by atoms with Gasteiger partial charge in [0.05, 0.1) is 16.9 Å². The van der Waals surface area contributed by atoms with Gasteiger partial charge >= 0.3 is 0 Å². The molecule has 0 aliphatic heterocycles. The summed E-state index contributed by atoms with van der Waals surface area (Å²) in [7, 11) is 3.48. The molecule has 0 N–H and O–H groups in total. The molecule has 1 amide bonds. The molecule has 0 radical (unpaired) electrons. The van der Waals surface area contributed by atoms with Crippen LogP contribution in [0.3, 0.4) is 0 Å². The SMILES string of the molecule is CN(C)C(=O)Cn1c(CCl)nc2ccccc21. The molecule has 5 heteroatoms. The summed E-state index contributed by atoms with van der Waals surface area (Å²) in [4.78, 5) is 17.7. The van der Waals surface area contributed by atoms with Gasteiger partial charge in [0.2, 0.25) is 5.91 Å². The lowest BCUT2D eigenvalue weighted by Crippen LogP contribution is -2.26. The fourth-order valence-corrected chi connectivity index (χ4v) is 1.88. The fraction of sp³-hybridized carbons (Fsp3) is 0.333. The molecular weight excluding hydrogens is 238 g/mol. The zero-order valence-electron chi connectivity index (χ0n) is 9.85. The predicted octanol–water partition coefficient (Wildman–Crippen LogP) is 1.86. The number of carbonyl (C=O) groups is 1. The van der Waals surface area contributed by atoms with Gasteiger partial charge < -0.3 is 9.47 Å². The summed E-state index contributed by atoms with van der Waals surface area (Å²) in [5.41, 5.74) is 1.81. The molecule has 17 heavy (non-hydrogen) atoms. The number of alkyl halides is 1. The van der Waals surface area contributed by atoms with Crippen LogP contribution < -0.4 is 0 Å². The maximum atomic E-state index is 11.8. The van der Waals surface area contributed by atoms with E-state index in [1.165, 1.54) is 0 Å². The van der Waals surface area contributed by atoms with Crippen molar-refractivity contribution in [3.63, 3.8) is 0 Å². The smallest absolute Gasteiger partial charge is 0.242 e. The maximum absolute atomic E-state index is 11.8. The van der Waals surface area contributed by atoms with E-state index in [2.05, 4.69) is 4.98 Å². The molecule has 0 unspecified atom stereocenters. The molecule has 90 valence electrons. The van der Waals surface area contributed by atoms with Crippen molar-refractivity contribution in [3.05, 3.63) is 30.1 Å². The number of rotatable bonds is 3. The van der Waals surface area contributed by atoms with Crippen LogP contribution in [0.15, 0.2) is 24.3 Å². The third kappa shape index (κ3) is 2.26. The molecule has 0 bridgehead atoms. The summed E-state index contributed by atoms with van der Waals surface area (Å²) in [6, 6.07) is 7.72. The number of fused-ring (bicyclic) bond motifs is 1. The van der Waals surface area contributed by atoms with Crippen LogP contribution in [0, 0.1) is 0 Å². The summed E-state index contributed by atoms with van der Waals surface area (Å²) in [5.74, 6) is 1.05. The van der Waals surface area contributed by atoms with Gasteiger partial charge in [-0.15, -0.1) is 11.6 Å². The highest BCUT2D eigenvalue weighted by Crippen LogP contribution is 2.17. The lowest BCUT2D eigenvalue weighted by Gasteiger charge is -2.12. The Bertz CT molecular complexity index is 548. The molecule has 0 saturated carbocycles. The van der Waals surface area contributed by atoms with Crippen LogP contribution in [0.25, 0.3) is 11.0 Å². The second-order valence-corrected chi connectivity index (χ2v) is 4.29. The average Bonchev–Trinajstić information content (AvgIpc) is 2.67. The topological polar surface area (TPSA) is 38.1 Å². The number of halogens is 1. The molecule has 0 atom stereocenters. The second kappa shape index (κ2) is 4.75. The summed E-state index contributed by atoms with van der Waals surface area (Å²) >= 11 is 5.86. The standard InChI is InChI=1S/C12H14ClN3O/c1-15(2)12(17)8-16-10-6-4-3-5-9(10)14-11(16)7-13/h3-6H,7-8H2,1-2H3. The molecule has 0 spiro atoms. The molecular formula is C12H14ClN3O. The van der Waals surface area contributed by atoms with Gasteiger partial charge in [0.15, 0.2) is 0 Å². The Balaban J connectivity index is 2.47. The minimum atomic E-state index is 0.0273. The van der Waals surface area contributed by atoms with Crippen molar-refractivity contribution >= 4 is 28.5 Å². The quantitative estimate of drug-likeness (QED) is 0.781. The van der Waals surface area contributed by atoms with Crippen LogP contribution >= 0.6 is 11.6 Å². The molecule has 0 aliphatic carbocycles. The van der Waals surface area contributed by atoms with Gasteiger partial charge in [0.25, 0.3) is 0 Å². The zero-order valence-corrected chi connectivity index (χ0v) is 10.6. The van der Waals surface area contributed by atoms with Gasteiger partial charge in [-0.05, 0) is 12.1 Å². The molecule has 2 rings (SSSR count). The largest absolute Gasteiger partial charge is 0.347 e. The number of hydrogen-bond acceptors (Lipinski definition) is 2. The number of imidazole rings is 1. The van der Waals surface area contributed by atoms with Crippen molar-refractivity contribution in [2.45, 2.75) is 12.4 Å². The third-order valence-corrected chi connectivity index (χ3v) is 2.88. The number of hydrogen-bond donors (Lipinski definition) is 0. The first-order chi connectivity index (χ1) is 8.13. The highest BCUT2D eigenvalue weighted by atomic mass is 35.5. The van der Waals surface area contributed by atoms with E-state index in [4.69, 9.17) is 11.6 Å². The number of para-hydroxylation sites is 2. The summed E-state index contributed by atoms with van der Waals surface area (Å²) < 4.78 is 1.87. The summed E-state index contributed by atoms with van der Waals surface area (Å²) in [6.07, 6.45) is 0. The normalized spacial score (nSPS) is 10.8. The Kier molecular flexibility index (Phi) is 3.33. The Morgan fingerprint density at radius 3 is 2.76 bits per heavy atom. The van der Waals surface area contributed by atoms with Gasteiger partial charge in [-0.25, -0.2) is 4.98 Å². The van der Waals surface area contributed by atoms with E-state index in [-0.39, 0.29) is 12.5 Å². The minimum absolute atomic E-state index is 0.0273. The Labute approximate surface area is 105 Å². The van der Waals surface area contributed by atoms with Crippen molar-refractivity contribution in [1.29, 1.82) is 0 Å². The Hall–Kier alpha value is -1.55. The van der Waals surface area contributed by atoms with Crippen LogP contribution in [0.2, 0.25) is 0 Å². The van der Waals surface area contributed by atoms with Crippen LogP contribution in [-0.4, -0.2) is 34.5 Å². The third-order valence-electron chi connectivity index (χ3n) is 2.65. The lowest BCUT2D eigenvalue weighted by molar-refractivity contribution is -0.129. The van der Waals surface area contributed by atoms with Crippen molar-refractivity contribution in [2.24, 2.45) is 0 Å². The Morgan fingerprint density at radius 1 is 1.41 bits per heavy atom. The van der Waals surface area contributed by atoms with Gasteiger partial charge in [0.1, 0.15) is 12.4 Å². The number of likely N-dealkylation sites (N-methyl/N-ethyl adjacent to an activating group) is 1. The number of nitrogens with zero attached hydrogens (tertiary/aromatic N) is 3. The average molecular weight is 252 g/mol. The van der Waals surface area contributed by atoms with Gasteiger partial charge in [-0.2, -0.15) is 0 Å². The van der Waals surface area contributed by atoms with Crippen LogP contribution in [-0.2, 0) is 17.2 Å². The number of aromatic nitrogens is 2. The predicted molar refractivity (Wildman–Crippen MR) is 68.0 cm³/mol. The van der Waals surface area contributed by atoms with Gasteiger partial charge in [-0.3, -0.25) is 4.79 Å². The van der Waals surface area contributed by atoms with Crippen molar-refractivity contribution in [2.75, 3.05) is 14.1 Å². The second-order valence-electron chi connectivity index (χ2n) is 4.02. The monoisotopic (exact) mass is 251 g/mol. The highest BCUT2D eigenvalue weighted by Gasteiger charge is 2.13. The molecule has 2 aromatic rings. The van der Waals surface area contributed by atoms with Crippen LogP contribution in [0.4, 0.5) is 0 Å². The minimum Gasteiger partial charge on any atom is -0.347 e. The van der Waals surface area contributed by atoms with Crippen molar-refractivity contribution in [3.8, 4) is 0 Å². The highest BCUT2D eigenvalue weighted by molar-refractivity contribution is 6.16. The molecule has 1 aromatic carbocycles. The summed E-state index contributed by atoms with van der Waals surface area (Å²) in [5, 5.41) is 0. The van der Waals surface area contributed by atoms with Crippen molar-refractivity contribution in [1.82, 2.24) is 14.5 Å².